The molecule has 2 aliphatic rings. The number of nitrogens with one attached hydrogen (secondary N) is 2. The predicted molar refractivity (Wildman–Crippen MR) is 203 cm³/mol. The Balaban J connectivity index is 1.06. The average molecular weight is 722 g/mol. The van der Waals surface area contributed by atoms with Gasteiger partial charge in [-0.15, -0.1) is 23.5 Å². The lowest BCUT2D eigenvalue weighted by molar-refractivity contribution is -0.161. The van der Waals surface area contributed by atoms with Crippen LogP contribution in [0.5, 0.6) is 0 Å². The maximum Gasteiger partial charge on any atom is 0.327 e. The van der Waals surface area contributed by atoms with Gasteiger partial charge in [-0.25, -0.2) is 4.79 Å². The van der Waals surface area contributed by atoms with Crippen molar-refractivity contribution in [3.05, 3.63) is 144 Å². The molecular weight excluding hydrogens is 679 g/mol. The zero-order valence-corrected chi connectivity index (χ0v) is 30.4. The van der Waals surface area contributed by atoms with Crippen molar-refractivity contribution < 1.29 is 24.3 Å². The fourth-order valence-corrected chi connectivity index (χ4v) is 10.3. The molecule has 3 N–H and O–H groups in total. The van der Waals surface area contributed by atoms with Gasteiger partial charge in [0.25, 0.3) is 0 Å². The van der Waals surface area contributed by atoms with Gasteiger partial charge in [-0.05, 0) is 54.7 Å². The van der Waals surface area contributed by atoms with E-state index in [-0.39, 0.29) is 12.3 Å². The minimum Gasteiger partial charge on any atom is -0.480 e. The van der Waals surface area contributed by atoms with E-state index >= 15 is 0 Å². The Kier molecular flexibility index (Phi) is 11.2. The Bertz CT molecular complexity index is 1730. The molecule has 10 heteroatoms. The maximum absolute atomic E-state index is 13.6. The van der Waals surface area contributed by atoms with Crippen LogP contribution in [0.3, 0.4) is 0 Å². The van der Waals surface area contributed by atoms with Crippen molar-refractivity contribution in [2.45, 2.75) is 72.5 Å². The number of carbonyl (C=O) groups is 4. The topological polar surface area (TPSA) is 116 Å². The molecule has 0 unspecified atom stereocenters. The summed E-state index contributed by atoms with van der Waals surface area (Å²) in [4.78, 5) is 53.2. The lowest BCUT2D eigenvalue weighted by Crippen LogP contribution is -2.71. The third-order valence-corrected chi connectivity index (χ3v) is 12.8. The summed E-state index contributed by atoms with van der Waals surface area (Å²) in [6.07, 6.45) is 2.65. The van der Waals surface area contributed by atoms with Crippen molar-refractivity contribution in [3.8, 4) is 0 Å². The molecule has 2 fully saturated rings. The molecular formula is C41H43N3O5S2. The summed E-state index contributed by atoms with van der Waals surface area (Å²) in [6.45, 7) is 3.58. The lowest BCUT2D eigenvalue weighted by atomic mass is 9.84. The second-order valence-corrected chi connectivity index (χ2v) is 16.5. The number of aliphatic carboxylic acids is 1. The van der Waals surface area contributed by atoms with Gasteiger partial charge in [0.05, 0.1) is 4.75 Å². The molecule has 51 heavy (non-hydrogen) atoms. The van der Waals surface area contributed by atoms with E-state index in [2.05, 4.69) is 83.4 Å². The third-order valence-electron chi connectivity index (χ3n) is 9.58. The molecule has 3 amide bonds. The number of hydrogen-bond donors (Lipinski definition) is 3. The number of carboxylic acids is 1. The quantitative estimate of drug-likeness (QED) is 0.0706. The Morgan fingerprint density at radius 2 is 1.31 bits per heavy atom. The molecule has 0 aromatic heterocycles. The molecule has 2 aliphatic heterocycles. The standard InChI is InChI=1S/C41H43N3O5S2/c1-40(2)35(39(48)49)44-37(47)34(38(44)51-40)43-36(46)33(28-18-8-3-9-19-28)42-32(45)26-16-7-17-27-50-41(29-20-10-4-11-21-29,30-22-12-5-13-23-30)31-24-14-6-15-25-31/h3-6,8-15,18-25,33-35,38H,7,16-17,26-27H2,1-2H3,(H,42,45)(H,43,46)(H,48,49)/t33-,34-,35+,38-/m1/s1. The molecule has 264 valence electrons. The van der Waals surface area contributed by atoms with Crippen molar-refractivity contribution in [3.63, 3.8) is 0 Å². The first-order chi connectivity index (χ1) is 24.6. The molecule has 4 atom stereocenters. The van der Waals surface area contributed by atoms with Gasteiger partial charge in [-0.1, -0.05) is 128 Å². The number of rotatable bonds is 15. The van der Waals surface area contributed by atoms with Crippen molar-refractivity contribution in [2.24, 2.45) is 0 Å². The first kappa shape index (κ1) is 36.3. The number of benzene rings is 4. The van der Waals surface area contributed by atoms with Crippen molar-refractivity contribution in [1.29, 1.82) is 0 Å². The minimum absolute atomic E-state index is 0.247. The van der Waals surface area contributed by atoms with E-state index in [9.17, 15) is 24.3 Å². The Morgan fingerprint density at radius 3 is 1.82 bits per heavy atom. The van der Waals surface area contributed by atoms with Gasteiger partial charge >= 0.3 is 5.97 Å². The summed E-state index contributed by atoms with van der Waals surface area (Å²) in [5, 5.41) is 15.0. The van der Waals surface area contributed by atoms with Gasteiger partial charge < -0.3 is 20.6 Å². The number of hydrogen-bond acceptors (Lipinski definition) is 6. The van der Waals surface area contributed by atoms with Gasteiger partial charge in [-0.2, -0.15) is 0 Å². The molecule has 4 aromatic carbocycles. The summed E-state index contributed by atoms with van der Waals surface area (Å²) in [5.41, 5.74) is 4.24. The second-order valence-electron chi connectivity index (χ2n) is 13.4. The number of fused-ring (bicyclic) bond motifs is 1. The van der Waals surface area contributed by atoms with Gasteiger partial charge in [0.2, 0.25) is 17.7 Å². The summed E-state index contributed by atoms with van der Waals surface area (Å²) in [6, 6.07) is 37.9. The minimum atomic E-state index is -1.07. The number of amides is 3. The van der Waals surface area contributed by atoms with Crippen LogP contribution in [0.2, 0.25) is 0 Å². The predicted octanol–water partition coefficient (Wildman–Crippen LogP) is 6.76. The van der Waals surface area contributed by atoms with Crippen LogP contribution in [-0.4, -0.2) is 61.7 Å². The largest absolute Gasteiger partial charge is 0.480 e. The smallest absolute Gasteiger partial charge is 0.327 e. The van der Waals surface area contributed by atoms with Gasteiger partial charge in [0.15, 0.2) is 0 Å². The molecule has 6 rings (SSSR count). The molecule has 0 bridgehead atoms. The zero-order valence-electron chi connectivity index (χ0n) is 28.7. The number of β-lactam (4-membered cyclic amide) rings is 1. The highest BCUT2D eigenvalue weighted by Gasteiger charge is 2.64. The summed E-state index contributed by atoms with van der Waals surface area (Å²) >= 11 is 3.27. The van der Waals surface area contributed by atoms with E-state index in [1.807, 2.05) is 36.0 Å². The fraction of sp³-hybridized carbons (Fsp3) is 0.317. The van der Waals surface area contributed by atoms with Crippen molar-refractivity contribution in [2.75, 3.05) is 5.75 Å². The van der Waals surface area contributed by atoms with Crippen molar-refractivity contribution >= 4 is 47.2 Å². The highest BCUT2D eigenvalue weighted by atomic mass is 32.2. The van der Waals surface area contributed by atoms with Crippen LogP contribution in [-0.2, 0) is 23.9 Å². The molecule has 0 radical (unpaired) electrons. The number of carboxylic acid groups (broad SMARTS) is 1. The van der Waals surface area contributed by atoms with Gasteiger partial charge in [-0.3, -0.25) is 14.4 Å². The first-order valence-corrected chi connectivity index (χ1v) is 19.2. The number of thioether (sulfide) groups is 2. The highest BCUT2D eigenvalue weighted by molar-refractivity contribution is 8.01. The third kappa shape index (κ3) is 7.58. The zero-order chi connectivity index (χ0) is 36.0. The van der Waals surface area contributed by atoms with Crippen LogP contribution in [0.25, 0.3) is 0 Å². The van der Waals surface area contributed by atoms with Crippen LogP contribution in [0, 0.1) is 0 Å². The van der Waals surface area contributed by atoms with E-state index in [1.165, 1.54) is 33.4 Å². The number of carbonyl (C=O) groups excluding carboxylic acids is 3. The van der Waals surface area contributed by atoms with Crippen LogP contribution >= 0.6 is 23.5 Å². The van der Waals surface area contributed by atoms with Crippen LogP contribution in [0.1, 0.15) is 67.8 Å². The second kappa shape index (κ2) is 15.8. The Morgan fingerprint density at radius 1 is 0.804 bits per heavy atom. The van der Waals surface area contributed by atoms with E-state index in [0.717, 1.165) is 18.6 Å². The van der Waals surface area contributed by atoms with Crippen LogP contribution < -0.4 is 10.6 Å². The van der Waals surface area contributed by atoms with Crippen molar-refractivity contribution in [1.82, 2.24) is 15.5 Å². The monoisotopic (exact) mass is 721 g/mol. The van der Waals surface area contributed by atoms with E-state index in [4.69, 9.17) is 0 Å². The normalized spacial score (nSPS) is 19.8. The average Bonchev–Trinajstić information content (AvgIpc) is 3.41. The van der Waals surface area contributed by atoms with E-state index in [1.54, 1.807) is 38.1 Å². The Hall–Kier alpha value is -4.54. The van der Waals surface area contributed by atoms with Gasteiger partial charge in [0, 0.05) is 11.2 Å². The summed E-state index contributed by atoms with van der Waals surface area (Å²) < 4.78 is -1.10. The number of nitrogens with zero attached hydrogens (tertiary/aromatic N) is 1. The van der Waals surface area contributed by atoms with Crippen LogP contribution in [0.15, 0.2) is 121 Å². The SMILES string of the molecule is CC1(C)S[C@@H]2[C@H](NC(=O)[C@H](NC(=O)CCCCCSC(c3ccccc3)(c3ccccc3)c3ccccc3)c3ccccc3)C(=O)N2[C@H]1C(=O)O. The first-order valence-electron chi connectivity index (χ1n) is 17.3. The molecule has 0 spiro atoms. The summed E-state index contributed by atoms with van der Waals surface area (Å²) in [7, 11) is 0. The molecule has 2 saturated heterocycles. The molecule has 0 saturated carbocycles. The number of unbranched alkanes of at least 4 members (excludes halogenated alkanes) is 2. The molecule has 0 aliphatic carbocycles. The fourth-order valence-electron chi connectivity index (χ4n) is 7.12. The van der Waals surface area contributed by atoms with Gasteiger partial charge in [0.1, 0.15) is 23.5 Å². The highest BCUT2D eigenvalue weighted by Crippen LogP contribution is 2.51. The molecule has 4 aromatic rings. The summed E-state index contributed by atoms with van der Waals surface area (Å²) in [5.74, 6) is -1.36. The Labute approximate surface area is 307 Å². The maximum atomic E-state index is 13.6. The molecule has 2 heterocycles. The van der Waals surface area contributed by atoms with E-state index < -0.39 is 50.8 Å². The lowest BCUT2D eigenvalue weighted by Gasteiger charge is -2.44. The molecule has 8 nitrogen and oxygen atoms in total. The van der Waals surface area contributed by atoms with E-state index in [0.29, 0.717) is 12.0 Å². The van der Waals surface area contributed by atoms with Crippen LogP contribution in [0.4, 0.5) is 0 Å².